The Bertz CT molecular complexity index is 1050. The number of hydrogen-bond donors (Lipinski definition) is 1. The number of nitrogens with one attached hydrogen (secondary N) is 1. The van der Waals surface area contributed by atoms with Gasteiger partial charge in [0, 0.05) is 29.9 Å². The second kappa shape index (κ2) is 7.97. The van der Waals surface area contributed by atoms with Crippen molar-refractivity contribution in [2.45, 2.75) is 51.2 Å². The molecule has 152 valence electrons. The van der Waals surface area contributed by atoms with Gasteiger partial charge in [-0.3, -0.25) is 19.6 Å². The van der Waals surface area contributed by atoms with Crippen LogP contribution in [0.15, 0.2) is 29.3 Å². The van der Waals surface area contributed by atoms with E-state index in [4.69, 9.17) is 4.98 Å². The van der Waals surface area contributed by atoms with Gasteiger partial charge < -0.3 is 4.98 Å². The molecule has 0 amide bonds. The lowest BCUT2D eigenvalue weighted by atomic mass is 10.0. The van der Waals surface area contributed by atoms with Gasteiger partial charge in [-0.05, 0) is 75.5 Å². The molecule has 0 atom stereocenters. The van der Waals surface area contributed by atoms with E-state index in [0.29, 0.717) is 12.6 Å². The van der Waals surface area contributed by atoms with Crippen molar-refractivity contribution < 1.29 is 0 Å². The van der Waals surface area contributed by atoms with Crippen molar-refractivity contribution in [1.29, 1.82) is 0 Å². The quantitative estimate of drug-likeness (QED) is 0.702. The third-order valence-corrected chi connectivity index (χ3v) is 7.54. The maximum Gasteiger partial charge on any atom is 0.259 e. The van der Waals surface area contributed by atoms with E-state index in [-0.39, 0.29) is 5.56 Å². The van der Waals surface area contributed by atoms with Gasteiger partial charge in [-0.2, -0.15) is 0 Å². The molecule has 6 nitrogen and oxygen atoms in total. The predicted octanol–water partition coefficient (Wildman–Crippen LogP) is 2.96. The van der Waals surface area contributed by atoms with E-state index in [1.807, 2.05) is 12.4 Å². The van der Waals surface area contributed by atoms with Crippen LogP contribution in [0.25, 0.3) is 10.2 Å². The summed E-state index contributed by atoms with van der Waals surface area (Å²) in [5.74, 6) is 0.795. The molecule has 0 aromatic carbocycles. The summed E-state index contributed by atoms with van der Waals surface area (Å²) in [5, 5.41) is 0.846. The van der Waals surface area contributed by atoms with Crippen LogP contribution in [0.1, 0.15) is 41.1 Å². The van der Waals surface area contributed by atoms with Crippen molar-refractivity contribution in [1.82, 2.24) is 24.8 Å². The zero-order valence-electron chi connectivity index (χ0n) is 16.9. The standard InChI is InChI=1S/C22H27N5OS/c1-26(16-7-11-27(12-8-16)13-15-5-9-23-10-6-15)14-19-24-21(28)20-17-3-2-4-18(17)29-22(20)25-19/h5-6,9-10,16H,2-4,7-8,11-14H2,1H3,(H,24,25,28). The summed E-state index contributed by atoms with van der Waals surface area (Å²) in [5.41, 5.74) is 2.62. The van der Waals surface area contributed by atoms with Crippen LogP contribution in [0.5, 0.6) is 0 Å². The molecule has 0 unspecified atom stereocenters. The number of piperidine rings is 1. The number of rotatable bonds is 5. The molecular weight excluding hydrogens is 382 g/mol. The molecule has 1 aliphatic heterocycles. The van der Waals surface area contributed by atoms with Crippen LogP contribution in [-0.4, -0.2) is 50.9 Å². The van der Waals surface area contributed by atoms with E-state index in [1.165, 1.54) is 22.4 Å². The van der Waals surface area contributed by atoms with Gasteiger partial charge in [-0.15, -0.1) is 11.3 Å². The Morgan fingerprint density at radius 3 is 2.83 bits per heavy atom. The number of aromatic nitrogens is 3. The zero-order chi connectivity index (χ0) is 19.8. The van der Waals surface area contributed by atoms with Crippen LogP contribution < -0.4 is 5.56 Å². The maximum absolute atomic E-state index is 12.7. The number of aromatic amines is 1. The highest BCUT2D eigenvalue weighted by molar-refractivity contribution is 7.18. The second-order valence-corrected chi connectivity index (χ2v) is 9.41. The molecule has 2 aliphatic rings. The maximum atomic E-state index is 12.7. The molecule has 0 bridgehead atoms. The number of H-pyrrole nitrogens is 1. The summed E-state index contributed by atoms with van der Waals surface area (Å²) < 4.78 is 0. The lowest BCUT2D eigenvalue weighted by Crippen LogP contribution is -2.43. The van der Waals surface area contributed by atoms with E-state index in [1.54, 1.807) is 11.3 Å². The van der Waals surface area contributed by atoms with Gasteiger partial charge >= 0.3 is 0 Å². The minimum atomic E-state index is 0.0463. The molecule has 3 aromatic heterocycles. The highest BCUT2D eigenvalue weighted by Gasteiger charge is 2.24. The van der Waals surface area contributed by atoms with Gasteiger partial charge in [-0.25, -0.2) is 4.98 Å². The molecule has 4 heterocycles. The Morgan fingerprint density at radius 1 is 1.24 bits per heavy atom. The monoisotopic (exact) mass is 409 g/mol. The minimum absolute atomic E-state index is 0.0463. The highest BCUT2D eigenvalue weighted by Crippen LogP contribution is 2.34. The van der Waals surface area contributed by atoms with Crippen LogP contribution in [0, 0.1) is 0 Å². The highest BCUT2D eigenvalue weighted by atomic mass is 32.1. The van der Waals surface area contributed by atoms with Crippen LogP contribution in [0.2, 0.25) is 0 Å². The Balaban J connectivity index is 1.22. The molecule has 5 rings (SSSR count). The van der Waals surface area contributed by atoms with E-state index >= 15 is 0 Å². The third kappa shape index (κ3) is 3.86. The average molecular weight is 410 g/mol. The summed E-state index contributed by atoms with van der Waals surface area (Å²) in [6.07, 6.45) is 9.30. The largest absolute Gasteiger partial charge is 0.309 e. The molecule has 0 radical (unpaired) electrons. The number of hydrogen-bond acceptors (Lipinski definition) is 6. The summed E-state index contributed by atoms with van der Waals surface area (Å²) in [6, 6.07) is 4.71. The molecule has 3 aromatic rings. The number of aryl methyl sites for hydroxylation is 2. The first-order chi connectivity index (χ1) is 14.2. The van der Waals surface area contributed by atoms with E-state index in [9.17, 15) is 4.79 Å². The van der Waals surface area contributed by atoms with Gasteiger partial charge in [0.05, 0.1) is 11.9 Å². The van der Waals surface area contributed by atoms with Crippen molar-refractivity contribution in [3.05, 3.63) is 56.7 Å². The summed E-state index contributed by atoms with van der Waals surface area (Å²) in [7, 11) is 2.15. The Kier molecular flexibility index (Phi) is 5.20. The van der Waals surface area contributed by atoms with Crippen molar-refractivity contribution in [2.75, 3.05) is 20.1 Å². The summed E-state index contributed by atoms with van der Waals surface area (Å²) in [4.78, 5) is 31.8. The van der Waals surface area contributed by atoms with Crippen molar-refractivity contribution in [2.24, 2.45) is 0 Å². The Labute approximate surface area is 174 Å². The first-order valence-corrected chi connectivity index (χ1v) is 11.3. The average Bonchev–Trinajstić information content (AvgIpc) is 3.30. The number of thiophene rings is 1. The van der Waals surface area contributed by atoms with Crippen molar-refractivity contribution >= 4 is 21.6 Å². The third-order valence-electron chi connectivity index (χ3n) is 6.36. The molecule has 1 saturated heterocycles. The van der Waals surface area contributed by atoms with Crippen LogP contribution in [0.3, 0.4) is 0 Å². The minimum Gasteiger partial charge on any atom is -0.309 e. The van der Waals surface area contributed by atoms with E-state index < -0.39 is 0 Å². The SMILES string of the molecule is CN(Cc1nc2sc3c(c2c(=O)[nH]1)CCC3)C1CCN(Cc2ccncc2)CC1. The van der Waals surface area contributed by atoms with Gasteiger partial charge in [-0.1, -0.05) is 0 Å². The van der Waals surface area contributed by atoms with Crippen molar-refractivity contribution in [3.63, 3.8) is 0 Å². The summed E-state index contributed by atoms with van der Waals surface area (Å²) >= 11 is 1.72. The molecule has 29 heavy (non-hydrogen) atoms. The predicted molar refractivity (Wildman–Crippen MR) is 116 cm³/mol. The Hall–Kier alpha value is -2.09. The lowest BCUT2D eigenvalue weighted by Gasteiger charge is -2.36. The normalized spacial score (nSPS) is 18.0. The molecule has 1 N–H and O–H groups in total. The van der Waals surface area contributed by atoms with Gasteiger partial charge in [0.25, 0.3) is 5.56 Å². The fraction of sp³-hybridized carbons (Fsp3) is 0.500. The fourth-order valence-electron chi connectivity index (χ4n) is 4.75. The van der Waals surface area contributed by atoms with Gasteiger partial charge in [0.2, 0.25) is 0 Å². The second-order valence-electron chi connectivity index (χ2n) is 8.33. The first kappa shape index (κ1) is 18.9. The van der Waals surface area contributed by atoms with E-state index in [0.717, 1.165) is 61.4 Å². The number of pyridine rings is 1. The molecular formula is C22H27N5OS. The van der Waals surface area contributed by atoms with Gasteiger partial charge in [0.15, 0.2) is 0 Å². The number of fused-ring (bicyclic) bond motifs is 3. The molecule has 0 saturated carbocycles. The van der Waals surface area contributed by atoms with Gasteiger partial charge in [0.1, 0.15) is 10.7 Å². The van der Waals surface area contributed by atoms with Crippen LogP contribution in [-0.2, 0) is 25.9 Å². The van der Waals surface area contributed by atoms with Crippen molar-refractivity contribution in [3.8, 4) is 0 Å². The first-order valence-electron chi connectivity index (χ1n) is 10.5. The van der Waals surface area contributed by atoms with Crippen LogP contribution in [0.4, 0.5) is 0 Å². The summed E-state index contributed by atoms with van der Waals surface area (Å²) in [6.45, 7) is 3.88. The zero-order valence-corrected chi connectivity index (χ0v) is 17.7. The Morgan fingerprint density at radius 2 is 2.03 bits per heavy atom. The molecule has 7 heteroatoms. The number of nitrogens with zero attached hydrogens (tertiary/aromatic N) is 4. The fourth-order valence-corrected chi connectivity index (χ4v) is 6.03. The number of likely N-dealkylation sites (tertiary alicyclic amines) is 1. The van der Waals surface area contributed by atoms with Crippen LogP contribution >= 0.6 is 11.3 Å². The van der Waals surface area contributed by atoms with E-state index in [2.05, 4.69) is 38.9 Å². The molecule has 0 spiro atoms. The smallest absolute Gasteiger partial charge is 0.259 e. The topological polar surface area (TPSA) is 65.1 Å². The molecule has 1 fully saturated rings. The molecule has 1 aliphatic carbocycles. The lowest BCUT2D eigenvalue weighted by molar-refractivity contribution is 0.117.